The topological polar surface area (TPSA) is 26.3 Å². The standard InChI is InChI=1S/C11H11FO2/c1-2-7-6-14-10-5-8(12)3-4-9(10)11(7)13/h3-5,7H,2,6H2,1H3. The molecule has 1 unspecified atom stereocenters. The number of hydrogen-bond donors (Lipinski definition) is 0. The summed E-state index contributed by atoms with van der Waals surface area (Å²) in [6, 6.07) is 4.05. The molecule has 0 spiro atoms. The van der Waals surface area contributed by atoms with Gasteiger partial charge in [-0.1, -0.05) is 6.92 Å². The molecule has 3 heteroatoms. The van der Waals surface area contributed by atoms with Crippen LogP contribution in [0.1, 0.15) is 23.7 Å². The number of hydrogen-bond acceptors (Lipinski definition) is 2. The summed E-state index contributed by atoms with van der Waals surface area (Å²) in [5.74, 6) is -0.00657. The Morgan fingerprint density at radius 2 is 2.36 bits per heavy atom. The van der Waals surface area contributed by atoms with Gasteiger partial charge in [0, 0.05) is 6.07 Å². The zero-order chi connectivity index (χ0) is 10.1. The number of Topliss-reactive ketones (excluding diaryl/α,β-unsaturated/α-hetero) is 1. The second kappa shape index (κ2) is 3.40. The van der Waals surface area contributed by atoms with Gasteiger partial charge in [-0.25, -0.2) is 4.39 Å². The zero-order valence-electron chi connectivity index (χ0n) is 7.92. The average Bonchev–Trinajstić information content (AvgIpc) is 2.18. The lowest BCUT2D eigenvalue weighted by molar-refractivity contribution is 0.0826. The highest BCUT2D eigenvalue weighted by molar-refractivity contribution is 6.01. The van der Waals surface area contributed by atoms with Crippen molar-refractivity contribution >= 4 is 5.78 Å². The maximum atomic E-state index is 12.8. The zero-order valence-corrected chi connectivity index (χ0v) is 7.92. The quantitative estimate of drug-likeness (QED) is 0.686. The molecule has 0 aromatic heterocycles. The maximum Gasteiger partial charge on any atom is 0.173 e. The van der Waals surface area contributed by atoms with Crippen molar-refractivity contribution in [3.05, 3.63) is 29.6 Å². The number of ether oxygens (including phenoxy) is 1. The van der Waals surface area contributed by atoms with Crippen molar-refractivity contribution in [3.8, 4) is 5.75 Å². The minimum atomic E-state index is -0.369. The van der Waals surface area contributed by atoms with E-state index in [0.29, 0.717) is 17.9 Å². The van der Waals surface area contributed by atoms with Gasteiger partial charge in [-0.3, -0.25) is 4.79 Å². The minimum Gasteiger partial charge on any atom is -0.492 e. The highest BCUT2D eigenvalue weighted by Gasteiger charge is 2.27. The van der Waals surface area contributed by atoms with Gasteiger partial charge in [-0.05, 0) is 18.6 Å². The molecule has 0 fully saturated rings. The molecule has 2 nitrogen and oxygen atoms in total. The summed E-state index contributed by atoms with van der Waals surface area (Å²) in [6.07, 6.45) is 0.760. The van der Waals surface area contributed by atoms with Crippen molar-refractivity contribution in [3.63, 3.8) is 0 Å². The van der Waals surface area contributed by atoms with Crippen molar-refractivity contribution in [2.45, 2.75) is 13.3 Å². The summed E-state index contributed by atoms with van der Waals surface area (Å²) in [4.78, 5) is 11.8. The second-order valence-corrected chi connectivity index (χ2v) is 3.42. The fourth-order valence-electron chi connectivity index (χ4n) is 1.61. The lowest BCUT2D eigenvalue weighted by atomic mass is 9.93. The first-order valence-electron chi connectivity index (χ1n) is 4.69. The molecule has 1 aromatic carbocycles. The van der Waals surface area contributed by atoms with Crippen LogP contribution in [0.15, 0.2) is 18.2 Å². The first-order chi connectivity index (χ1) is 6.72. The van der Waals surface area contributed by atoms with Crippen LogP contribution < -0.4 is 4.74 Å². The van der Waals surface area contributed by atoms with E-state index in [2.05, 4.69) is 0 Å². The molecule has 2 rings (SSSR count). The minimum absolute atomic E-state index is 0.0637. The predicted octanol–water partition coefficient (Wildman–Crippen LogP) is 2.43. The van der Waals surface area contributed by atoms with Crippen LogP contribution in [0, 0.1) is 11.7 Å². The van der Waals surface area contributed by atoms with Crippen molar-refractivity contribution in [2.24, 2.45) is 5.92 Å². The number of fused-ring (bicyclic) bond motifs is 1. The van der Waals surface area contributed by atoms with Crippen LogP contribution in [-0.2, 0) is 0 Å². The van der Waals surface area contributed by atoms with E-state index in [4.69, 9.17) is 4.74 Å². The largest absolute Gasteiger partial charge is 0.492 e. The van der Waals surface area contributed by atoms with E-state index >= 15 is 0 Å². The third-order valence-electron chi connectivity index (χ3n) is 2.51. The van der Waals surface area contributed by atoms with Crippen LogP contribution in [0.3, 0.4) is 0 Å². The fraction of sp³-hybridized carbons (Fsp3) is 0.364. The van der Waals surface area contributed by atoms with Crippen molar-refractivity contribution in [2.75, 3.05) is 6.61 Å². The highest BCUT2D eigenvalue weighted by Crippen LogP contribution is 2.28. The Labute approximate surface area is 81.7 Å². The van der Waals surface area contributed by atoms with Crippen molar-refractivity contribution in [1.82, 2.24) is 0 Å². The summed E-state index contributed by atoms with van der Waals surface area (Å²) >= 11 is 0. The lowest BCUT2D eigenvalue weighted by Crippen LogP contribution is -2.27. The summed E-state index contributed by atoms with van der Waals surface area (Å²) in [7, 11) is 0. The van der Waals surface area contributed by atoms with E-state index in [1.54, 1.807) is 0 Å². The molecule has 0 N–H and O–H groups in total. The lowest BCUT2D eigenvalue weighted by Gasteiger charge is -2.22. The highest BCUT2D eigenvalue weighted by atomic mass is 19.1. The molecule has 0 saturated carbocycles. The molecule has 1 aliphatic rings. The van der Waals surface area contributed by atoms with Crippen LogP contribution in [-0.4, -0.2) is 12.4 Å². The first kappa shape index (κ1) is 9.19. The SMILES string of the molecule is CCC1COc2cc(F)ccc2C1=O. The molecule has 1 aliphatic heterocycles. The summed E-state index contributed by atoms with van der Waals surface area (Å²) in [5, 5.41) is 0. The van der Waals surface area contributed by atoms with Crippen molar-refractivity contribution < 1.29 is 13.9 Å². The van der Waals surface area contributed by atoms with E-state index in [0.717, 1.165) is 6.42 Å². The molecule has 74 valence electrons. The van der Waals surface area contributed by atoms with E-state index in [1.807, 2.05) is 6.92 Å². The van der Waals surface area contributed by atoms with E-state index in [1.165, 1.54) is 18.2 Å². The number of carbonyl (C=O) groups is 1. The van der Waals surface area contributed by atoms with Crippen LogP contribution in [0.25, 0.3) is 0 Å². The van der Waals surface area contributed by atoms with Gasteiger partial charge in [0.2, 0.25) is 0 Å². The van der Waals surface area contributed by atoms with E-state index in [-0.39, 0.29) is 17.5 Å². The second-order valence-electron chi connectivity index (χ2n) is 3.42. The third-order valence-corrected chi connectivity index (χ3v) is 2.51. The van der Waals surface area contributed by atoms with Crippen LogP contribution in [0.5, 0.6) is 5.75 Å². The monoisotopic (exact) mass is 194 g/mol. The smallest absolute Gasteiger partial charge is 0.173 e. The molecule has 0 radical (unpaired) electrons. The Balaban J connectivity index is 2.41. The van der Waals surface area contributed by atoms with Gasteiger partial charge in [-0.2, -0.15) is 0 Å². The van der Waals surface area contributed by atoms with Gasteiger partial charge in [-0.15, -0.1) is 0 Å². The normalized spacial score (nSPS) is 20.1. The molecule has 0 aliphatic carbocycles. The average molecular weight is 194 g/mol. The summed E-state index contributed by atoms with van der Waals surface area (Å²) in [5.41, 5.74) is 0.504. The van der Waals surface area contributed by atoms with E-state index < -0.39 is 0 Å². The molecule has 1 atom stereocenters. The molecular weight excluding hydrogens is 183 g/mol. The molecule has 1 heterocycles. The van der Waals surface area contributed by atoms with Crippen LogP contribution in [0.4, 0.5) is 4.39 Å². The fourth-order valence-corrected chi connectivity index (χ4v) is 1.61. The Kier molecular flexibility index (Phi) is 2.23. The van der Waals surface area contributed by atoms with Gasteiger partial charge in [0.25, 0.3) is 0 Å². The third kappa shape index (κ3) is 1.39. The summed E-state index contributed by atoms with van der Waals surface area (Å²) in [6.45, 7) is 2.31. The van der Waals surface area contributed by atoms with Gasteiger partial charge in [0.1, 0.15) is 11.6 Å². The van der Waals surface area contributed by atoms with Crippen molar-refractivity contribution in [1.29, 1.82) is 0 Å². The number of rotatable bonds is 1. The molecule has 1 aromatic rings. The Morgan fingerprint density at radius 3 is 3.07 bits per heavy atom. The number of ketones is 1. The Morgan fingerprint density at radius 1 is 1.57 bits per heavy atom. The molecule has 0 amide bonds. The number of benzene rings is 1. The van der Waals surface area contributed by atoms with Crippen LogP contribution >= 0.6 is 0 Å². The van der Waals surface area contributed by atoms with Gasteiger partial charge in [0.05, 0.1) is 18.1 Å². The summed E-state index contributed by atoms with van der Waals surface area (Å²) < 4.78 is 18.1. The molecule has 14 heavy (non-hydrogen) atoms. The Hall–Kier alpha value is -1.38. The molecule has 0 saturated heterocycles. The Bertz CT molecular complexity index is 374. The molecule has 0 bridgehead atoms. The molecular formula is C11H11FO2. The number of carbonyl (C=O) groups excluding carboxylic acids is 1. The van der Waals surface area contributed by atoms with E-state index in [9.17, 15) is 9.18 Å². The van der Waals surface area contributed by atoms with Gasteiger partial charge >= 0.3 is 0 Å². The number of halogens is 1. The van der Waals surface area contributed by atoms with Gasteiger partial charge in [0.15, 0.2) is 5.78 Å². The van der Waals surface area contributed by atoms with Crippen LogP contribution in [0.2, 0.25) is 0 Å². The predicted molar refractivity (Wildman–Crippen MR) is 50.0 cm³/mol. The first-order valence-corrected chi connectivity index (χ1v) is 4.69. The maximum absolute atomic E-state index is 12.8. The van der Waals surface area contributed by atoms with Gasteiger partial charge < -0.3 is 4.74 Å².